The van der Waals surface area contributed by atoms with E-state index in [2.05, 4.69) is 5.16 Å². The maximum absolute atomic E-state index is 10.2. The summed E-state index contributed by atoms with van der Waals surface area (Å²) in [6, 6.07) is 8.97. The fourth-order valence-electron chi connectivity index (χ4n) is 3.31. The maximum atomic E-state index is 10.2. The largest absolute Gasteiger partial charge is 0.504 e. The van der Waals surface area contributed by atoms with E-state index in [-0.39, 0.29) is 11.7 Å². The molecule has 0 fully saturated rings. The van der Waals surface area contributed by atoms with Crippen LogP contribution in [0.5, 0.6) is 28.7 Å². The molecule has 144 valence electrons. The van der Waals surface area contributed by atoms with Gasteiger partial charge in [0.25, 0.3) is 0 Å². The van der Waals surface area contributed by atoms with Crippen LogP contribution in [0.25, 0.3) is 0 Å². The second-order valence-electron chi connectivity index (χ2n) is 6.13. The first kappa shape index (κ1) is 18.7. The number of rotatable bonds is 6. The van der Waals surface area contributed by atoms with Crippen LogP contribution in [0, 0.1) is 0 Å². The van der Waals surface area contributed by atoms with E-state index < -0.39 is 6.10 Å². The van der Waals surface area contributed by atoms with E-state index in [0.717, 1.165) is 16.8 Å². The van der Waals surface area contributed by atoms with E-state index in [1.54, 1.807) is 33.5 Å². The van der Waals surface area contributed by atoms with Crippen molar-refractivity contribution in [2.45, 2.75) is 18.9 Å². The summed E-state index contributed by atoms with van der Waals surface area (Å²) < 4.78 is 21.4. The van der Waals surface area contributed by atoms with E-state index in [1.807, 2.05) is 25.1 Å². The summed E-state index contributed by atoms with van der Waals surface area (Å²) in [5, 5.41) is 14.3. The molecule has 0 aromatic heterocycles. The molecule has 2 atom stereocenters. The number of methoxy groups -OCH3 is 4. The molecule has 2 aromatic carbocycles. The van der Waals surface area contributed by atoms with E-state index in [4.69, 9.17) is 23.8 Å². The first-order valence-electron chi connectivity index (χ1n) is 8.41. The maximum Gasteiger partial charge on any atom is 0.203 e. The summed E-state index contributed by atoms with van der Waals surface area (Å²) in [7, 11) is 6.20. The van der Waals surface area contributed by atoms with Crippen molar-refractivity contribution in [3.8, 4) is 28.7 Å². The average molecular weight is 373 g/mol. The number of hydrogen-bond acceptors (Lipinski definition) is 7. The predicted molar refractivity (Wildman–Crippen MR) is 100 cm³/mol. The Morgan fingerprint density at radius 3 is 2.00 bits per heavy atom. The Bertz CT molecular complexity index is 839. The fourth-order valence-corrected chi connectivity index (χ4v) is 3.31. The minimum Gasteiger partial charge on any atom is -0.504 e. The molecule has 1 heterocycles. The molecule has 0 radical (unpaired) electrons. The lowest BCUT2D eigenvalue weighted by atomic mass is 9.86. The van der Waals surface area contributed by atoms with Gasteiger partial charge in [0.05, 0.1) is 40.1 Å². The Morgan fingerprint density at radius 2 is 1.48 bits per heavy atom. The zero-order chi connectivity index (χ0) is 19.6. The third kappa shape index (κ3) is 3.32. The highest BCUT2D eigenvalue weighted by molar-refractivity contribution is 5.90. The Kier molecular flexibility index (Phi) is 5.30. The van der Waals surface area contributed by atoms with Gasteiger partial charge in [-0.15, -0.1) is 0 Å². The molecule has 27 heavy (non-hydrogen) atoms. The third-order valence-electron chi connectivity index (χ3n) is 4.64. The number of phenols is 1. The van der Waals surface area contributed by atoms with Crippen molar-refractivity contribution in [1.82, 2.24) is 0 Å². The topological polar surface area (TPSA) is 78.7 Å². The lowest BCUT2D eigenvalue weighted by Crippen LogP contribution is -2.14. The summed E-state index contributed by atoms with van der Waals surface area (Å²) in [5.41, 5.74) is 2.49. The predicted octanol–water partition coefficient (Wildman–Crippen LogP) is 3.66. The van der Waals surface area contributed by atoms with Crippen LogP contribution >= 0.6 is 0 Å². The number of aromatic hydroxyl groups is 1. The van der Waals surface area contributed by atoms with Crippen LogP contribution in [0.3, 0.4) is 0 Å². The smallest absolute Gasteiger partial charge is 0.203 e. The molecular weight excluding hydrogens is 350 g/mol. The molecule has 7 heteroatoms. The van der Waals surface area contributed by atoms with Gasteiger partial charge in [-0.2, -0.15) is 0 Å². The average Bonchev–Trinajstić information content (AvgIpc) is 3.08. The fraction of sp³-hybridized carbons (Fsp3) is 0.350. The molecule has 2 aromatic rings. The van der Waals surface area contributed by atoms with Crippen LogP contribution in [0.4, 0.5) is 0 Å². The van der Waals surface area contributed by atoms with Crippen molar-refractivity contribution >= 4 is 5.71 Å². The lowest BCUT2D eigenvalue weighted by molar-refractivity contribution is 0.0758. The zero-order valence-electron chi connectivity index (χ0n) is 16.0. The molecule has 7 nitrogen and oxygen atoms in total. The highest BCUT2D eigenvalue weighted by Crippen LogP contribution is 2.46. The molecule has 0 unspecified atom stereocenters. The van der Waals surface area contributed by atoms with Gasteiger partial charge in [0.1, 0.15) is 0 Å². The Balaban J connectivity index is 2.05. The molecular formula is C20H23NO6. The Hall–Kier alpha value is -3.09. The first-order chi connectivity index (χ1) is 13.0. The van der Waals surface area contributed by atoms with Gasteiger partial charge in [0.2, 0.25) is 5.75 Å². The van der Waals surface area contributed by atoms with Crippen molar-refractivity contribution in [1.29, 1.82) is 0 Å². The van der Waals surface area contributed by atoms with E-state index in [0.29, 0.717) is 23.0 Å². The number of oxime groups is 1. The van der Waals surface area contributed by atoms with E-state index in [9.17, 15) is 5.11 Å². The van der Waals surface area contributed by atoms with Crippen molar-refractivity contribution in [2.24, 2.45) is 5.16 Å². The number of nitrogens with zero attached hydrogens (tertiary/aromatic N) is 1. The van der Waals surface area contributed by atoms with Gasteiger partial charge in [-0.1, -0.05) is 11.2 Å². The van der Waals surface area contributed by atoms with Crippen LogP contribution in [0.1, 0.15) is 30.1 Å². The molecule has 1 aliphatic heterocycles. The molecule has 0 saturated heterocycles. The van der Waals surface area contributed by atoms with Crippen molar-refractivity contribution < 1.29 is 28.9 Å². The molecule has 0 saturated carbocycles. The molecule has 0 amide bonds. The van der Waals surface area contributed by atoms with Gasteiger partial charge in [0.15, 0.2) is 29.1 Å². The number of benzene rings is 2. The number of hydrogen-bond donors (Lipinski definition) is 1. The van der Waals surface area contributed by atoms with Crippen LogP contribution < -0.4 is 18.9 Å². The van der Waals surface area contributed by atoms with Crippen molar-refractivity contribution in [3.05, 3.63) is 41.5 Å². The van der Waals surface area contributed by atoms with Gasteiger partial charge in [-0.25, -0.2) is 0 Å². The van der Waals surface area contributed by atoms with Crippen LogP contribution in [-0.4, -0.2) is 39.3 Å². The highest BCUT2D eigenvalue weighted by Gasteiger charge is 2.36. The van der Waals surface area contributed by atoms with Gasteiger partial charge >= 0.3 is 0 Å². The van der Waals surface area contributed by atoms with E-state index >= 15 is 0 Å². The highest BCUT2D eigenvalue weighted by atomic mass is 16.6. The summed E-state index contributed by atoms with van der Waals surface area (Å²) in [6.07, 6.45) is -0.397. The Labute approximate surface area is 158 Å². The number of ether oxygens (including phenoxy) is 4. The van der Waals surface area contributed by atoms with Crippen molar-refractivity contribution in [3.63, 3.8) is 0 Å². The zero-order valence-corrected chi connectivity index (χ0v) is 16.0. The number of phenolic OH excluding ortho intramolecular Hbond substituents is 1. The monoisotopic (exact) mass is 373 g/mol. The molecule has 1 aliphatic rings. The quantitative estimate of drug-likeness (QED) is 0.833. The molecule has 1 N–H and O–H groups in total. The molecule has 0 bridgehead atoms. The molecule has 3 rings (SSSR count). The minimum atomic E-state index is -0.397. The lowest BCUT2D eigenvalue weighted by Gasteiger charge is -2.21. The van der Waals surface area contributed by atoms with Gasteiger partial charge < -0.3 is 28.9 Å². The summed E-state index contributed by atoms with van der Waals surface area (Å²) in [6.45, 7) is 1.89. The van der Waals surface area contributed by atoms with Gasteiger partial charge in [-0.05, 0) is 36.8 Å². The standard InChI is InChI=1S/C20H23NO6/c1-11-18(12-6-7-15(23-2)14(22)8-12)19(27-21-11)13-9-16(24-3)20(26-5)17(10-13)25-4/h6-10,18-19,22H,1-5H3/t18-,19+/m0/s1. The summed E-state index contributed by atoms with van der Waals surface area (Å²) in [4.78, 5) is 5.71. The van der Waals surface area contributed by atoms with Crippen LogP contribution in [0.2, 0.25) is 0 Å². The summed E-state index contributed by atoms with van der Waals surface area (Å²) >= 11 is 0. The normalized spacial score (nSPS) is 18.5. The SMILES string of the molecule is COc1ccc([C@@H]2C(C)=NO[C@@H]2c2cc(OC)c(OC)c(OC)c2)cc1O. The van der Waals surface area contributed by atoms with E-state index in [1.165, 1.54) is 7.11 Å². The molecule has 0 spiro atoms. The second kappa shape index (κ2) is 7.65. The third-order valence-corrected chi connectivity index (χ3v) is 4.64. The Morgan fingerprint density at radius 1 is 0.852 bits per heavy atom. The van der Waals surface area contributed by atoms with Crippen molar-refractivity contribution in [2.75, 3.05) is 28.4 Å². The second-order valence-corrected chi connectivity index (χ2v) is 6.13. The van der Waals surface area contributed by atoms with Gasteiger partial charge in [0, 0.05) is 5.56 Å². The minimum absolute atomic E-state index is 0.0679. The van der Waals surface area contributed by atoms with Crippen LogP contribution in [-0.2, 0) is 4.84 Å². The summed E-state index contributed by atoms with van der Waals surface area (Å²) in [5.74, 6) is 1.89. The van der Waals surface area contributed by atoms with Gasteiger partial charge in [-0.3, -0.25) is 0 Å². The van der Waals surface area contributed by atoms with Crippen LogP contribution in [0.15, 0.2) is 35.5 Å². The molecule has 0 aliphatic carbocycles. The first-order valence-corrected chi connectivity index (χ1v) is 8.41.